The maximum absolute atomic E-state index is 12.9. The van der Waals surface area contributed by atoms with Gasteiger partial charge in [0.2, 0.25) is 11.8 Å². The van der Waals surface area contributed by atoms with Gasteiger partial charge in [0, 0.05) is 25.9 Å². The van der Waals surface area contributed by atoms with Crippen molar-refractivity contribution in [2.24, 2.45) is 0 Å². The summed E-state index contributed by atoms with van der Waals surface area (Å²) in [4.78, 5) is 18.3. The van der Waals surface area contributed by atoms with Crippen LogP contribution in [0.4, 0.5) is 13.2 Å². The fourth-order valence-electron chi connectivity index (χ4n) is 3.50. The molecule has 3 rings (SSSR count). The van der Waals surface area contributed by atoms with E-state index in [1.165, 1.54) is 12.1 Å². The summed E-state index contributed by atoms with van der Waals surface area (Å²) in [6, 6.07) is 4.61. The topological polar surface area (TPSA) is 71.3 Å². The molecule has 1 saturated heterocycles. The summed E-state index contributed by atoms with van der Waals surface area (Å²) in [7, 11) is 3.49. The van der Waals surface area contributed by atoms with E-state index in [1.54, 1.807) is 11.9 Å². The lowest BCUT2D eigenvalue weighted by atomic mass is 9.84. The van der Waals surface area contributed by atoms with Crippen LogP contribution in [0.15, 0.2) is 28.8 Å². The average molecular weight is 433 g/mol. The molecule has 1 fully saturated rings. The Morgan fingerprint density at radius 1 is 1.31 bits per heavy atom. The lowest BCUT2D eigenvalue weighted by molar-refractivity contribution is -0.138. The van der Waals surface area contributed by atoms with Gasteiger partial charge in [-0.3, -0.25) is 4.79 Å². The zero-order valence-corrected chi connectivity index (χ0v) is 17.2. The van der Waals surface area contributed by atoms with Crippen molar-refractivity contribution in [3.05, 3.63) is 47.1 Å². The van der Waals surface area contributed by atoms with Crippen LogP contribution in [0, 0.1) is 0 Å². The number of piperidine rings is 1. The number of hydrogen-bond acceptors (Lipinski definition) is 5. The van der Waals surface area contributed by atoms with Crippen LogP contribution in [0.2, 0.25) is 0 Å². The molecule has 1 amide bonds. The van der Waals surface area contributed by atoms with E-state index >= 15 is 0 Å². The Hall–Kier alpha value is -2.13. The number of benzene rings is 1. The first-order valence-corrected chi connectivity index (χ1v) is 9.13. The van der Waals surface area contributed by atoms with Crippen molar-refractivity contribution >= 4 is 18.3 Å². The number of alkyl halides is 3. The standard InChI is InChI=1S/C19H23F3N4O2.ClH/c1-11(23-2)10-15-24-18(28-25-15)14-8-9-16(27)26(3)17(14)12-4-6-13(7-5-12)19(20,21)22;/h4-7,11,14,17,23H,8-10H2,1-3H3;1H. The van der Waals surface area contributed by atoms with E-state index in [0.717, 1.165) is 12.1 Å². The fourth-order valence-corrected chi connectivity index (χ4v) is 3.50. The van der Waals surface area contributed by atoms with E-state index in [0.29, 0.717) is 36.5 Å². The number of amides is 1. The maximum atomic E-state index is 12.9. The minimum absolute atomic E-state index is 0. The fraction of sp³-hybridized carbons (Fsp3) is 0.526. The lowest BCUT2D eigenvalue weighted by Crippen LogP contribution is -2.39. The van der Waals surface area contributed by atoms with Crippen molar-refractivity contribution in [1.82, 2.24) is 20.4 Å². The molecule has 10 heteroatoms. The summed E-state index contributed by atoms with van der Waals surface area (Å²) in [5.41, 5.74) is -0.115. The molecule has 3 unspecified atom stereocenters. The Labute approximate surface area is 173 Å². The third-order valence-corrected chi connectivity index (χ3v) is 5.22. The van der Waals surface area contributed by atoms with E-state index in [4.69, 9.17) is 4.52 Å². The second-order valence-corrected chi connectivity index (χ2v) is 7.16. The van der Waals surface area contributed by atoms with Crippen LogP contribution in [-0.2, 0) is 17.4 Å². The summed E-state index contributed by atoms with van der Waals surface area (Å²) >= 11 is 0. The van der Waals surface area contributed by atoms with E-state index < -0.39 is 17.8 Å². The number of nitrogens with one attached hydrogen (secondary N) is 1. The summed E-state index contributed by atoms with van der Waals surface area (Å²) in [6.07, 6.45) is -2.99. The first kappa shape index (κ1) is 23.2. The molecular formula is C19H24ClF3N4O2. The molecule has 1 N–H and O–H groups in total. The largest absolute Gasteiger partial charge is 0.416 e. The molecular weight excluding hydrogens is 409 g/mol. The van der Waals surface area contributed by atoms with Crippen molar-refractivity contribution < 1.29 is 22.5 Å². The number of carbonyl (C=O) groups excluding carboxylic acids is 1. The number of carbonyl (C=O) groups is 1. The number of nitrogens with zero attached hydrogens (tertiary/aromatic N) is 3. The molecule has 6 nitrogen and oxygen atoms in total. The first-order valence-electron chi connectivity index (χ1n) is 9.13. The van der Waals surface area contributed by atoms with Crippen LogP contribution in [0.5, 0.6) is 0 Å². The summed E-state index contributed by atoms with van der Waals surface area (Å²) in [6.45, 7) is 1.99. The van der Waals surface area contributed by atoms with Gasteiger partial charge in [0.25, 0.3) is 0 Å². The maximum Gasteiger partial charge on any atom is 0.416 e. The molecule has 0 saturated carbocycles. The predicted octanol–water partition coefficient (Wildman–Crippen LogP) is 3.74. The van der Waals surface area contributed by atoms with Crippen molar-refractivity contribution in [3.8, 4) is 0 Å². The molecule has 3 atom stereocenters. The van der Waals surface area contributed by atoms with Gasteiger partial charge in [0.05, 0.1) is 17.5 Å². The molecule has 1 aromatic heterocycles. The van der Waals surface area contributed by atoms with Gasteiger partial charge in [-0.2, -0.15) is 18.2 Å². The smallest absolute Gasteiger partial charge is 0.339 e. The highest BCUT2D eigenvalue weighted by molar-refractivity contribution is 5.85. The zero-order valence-electron chi connectivity index (χ0n) is 16.4. The van der Waals surface area contributed by atoms with Gasteiger partial charge in [0.15, 0.2) is 5.82 Å². The molecule has 2 aromatic rings. The van der Waals surface area contributed by atoms with E-state index in [9.17, 15) is 18.0 Å². The quantitative estimate of drug-likeness (QED) is 0.779. The molecule has 0 radical (unpaired) electrons. The second kappa shape index (κ2) is 9.13. The van der Waals surface area contributed by atoms with Crippen LogP contribution < -0.4 is 5.32 Å². The molecule has 0 aliphatic carbocycles. The van der Waals surface area contributed by atoms with Gasteiger partial charge < -0.3 is 14.7 Å². The lowest BCUT2D eigenvalue weighted by Gasteiger charge is -2.37. The van der Waals surface area contributed by atoms with Crippen molar-refractivity contribution in [2.75, 3.05) is 14.1 Å². The molecule has 160 valence electrons. The highest BCUT2D eigenvalue weighted by atomic mass is 35.5. The Morgan fingerprint density at radius 3 is 2.55 bits per heavy atom. The second-order valence-electron chi connectivity index (χ2n) is 7.16. The molecule has 29 heavy (non-hydrogen) atoms. The van der Waals surface area contributed by atoms with Gasteiger partial charge in [-0.15, -0.1) is 12.4 Å². The number of likely N-dealkylation sites (tertiary alicyclic amines) is 1. The molecule has 2 heterocycles. The Balaban J connectivity index is 0.00000300. The van der Waals surface area contributed by atoms with Gasteiger partial charge in [0.1, 0.15) is 0 Å². The van der Waals surface area contributed by atoms with Crippen LogP contribution in [0.1, 0.15) is 54.6 Å². The number of rotatable bonds is 5. The normalized spacial score (nSPS) is 21.0. The average Bonchev–Trinajstić information content (AvgIpc) is 3.11. The Bertz CT molecular complexity index is 826. The number of likely N-dealkylation sites (N-methyl/N-ethyl adjacent to an activating group) is 2. The van der Waals surface area contributed by atoms with Crippen LogP contribution >= 0.6 is 12.4 Å². The molecule has 1 aliphatic heterocycles. The third-order valence-electron chi connectivity index (χ3n) is 5.22. The minimum Gasteiger partial charge on any atom is -0.339 e. The van der Waals surface area contributed by atoms with Crippen molar-refractivity contribution in [2.45, 2.75) is 50.4 Å². The Kier molecular flexibility index (Phi) is 7.29. The molecule has 0 spiro atoms. The number of hydrogen-bond donors (Lipinski definition) is 1. The van der Waals surface area contributed by atoms with E-state index in [1.807, 2.05) is 14.0 Å². The van der Waals surface area contributed by atoms with E-state index in [2.05, 4.69) is 15.5 Å². The molecule has 1 aliphatic rings. The highest BCUT2D eigenvalue weighted by Crippen LogP contribution is 2.42. The van der Waals surface area contributed by atoms with Crippen LogP contribution in [0.25, 0.3) is 0 Å². The highest BCUT2D eigenvalue weighted by Gasteiger charge is 2.39. The minimum atomic E-state index is -4.41. The number of halogens is 4. The van der Waals surface area contributed by atoms with E-state index in [-0.39, 0.29) is 30.3 Å². The zero-order chi connectivity index (χ0) is 20.5. The van der Waals surface area contributed by atoms with Crippen LogP contribution in [0.3, 0.4) is 0 Å². The summed E-state index contributed by atoms with van der Waals surface area (Å²) in [5, 5.41) is 7.12. The number of aromatic nitrogens is 2. The van der Waals surface area contributed by atoms with Crippen molar-refractivity contribution in [1.29, 1.82) is 0 Å². The predicted molar refractivity (Wildman–Crippen MR) is 103 cm³/mol. The summed E-state index contributed by atoms with van der Waals surface area (Å²) in [5.74, 6) is 0.625. The van der Waals surface area contributed by atoms with Gasteiger partial charge >= 0.3 is 6.18 Å². The van der Waals surface area contributed by atoms with Crippen LogP contribution in [-0.4, -0.2) is 41.1 Å². The Morgan fingerprint density at radius 2 is 1.97 bits per heavy atom. The molecule has 1 aromatic carbocycles. The SMILES string of the molecule is CNC(C)Cc1noc(C2CCC(=O)N(C)C2c2ccc(C(F)(F)F)cc2)n1.Cl. The van der Waals surface area contributed by atoms with Gasteiger partial charge in [-0.05, 0) is 38.1 Å². The third kappa shape index (κ3) is 5.08. The summed E-state index contributed by atoms with van der Waals surface area (Å²) < 4.78 is 44.1. The first-order chi connectivity index (χ1) is 13.2. The van der Waals surface area contributed by atoms with Gasteiger partial charge in [-0.1, -0.05) is 17.3 Å². The van der Waals surface area contributed by atoms with Crippen molar-refractivity contribution in [3.63, 3.8) is 0 Å². The molecule has 0 bridgehead atoms. The van der Waals surface area contributed by atoms with Gasteiger partial charge in [-0.25, -0.2) is 0 Å². The monoisotopic (exact) mass is 432 g/mol.